The molecule has 1 N–H and O–H groups in total. The van der Waals surface area contributed by atoms with Crippen molar-refractivity contribution in [2.24, 2.45) is 0 Å². The van der Waals surface area contributed by atoms with Crippen LogP contribution in [0.5, 0.6) is 0 Å². The van der Waals surface area contributed by atoms with E-state index in [0.29, 0.717) is 16.6 Å². The van der Waals surface area contributed by atoms with Crippen LogP contribution in [-0.2, 0) is 6.54 Å². The quantitative estimate of drug-likeness (QED) is 0.838. The van der Waals surface area contributed by atoms with E-state index in [0.717, 1.165) is 24.4 Å². The number of amides is 1. The average molecular weight is 354 g/mol. The van der Waals surface area contributed by atoms with Crippen molar-refractivity contribution in [1.29, 1.82) is 0 Å². The van der Waals surface area contributed by atoms with E-state index in [4.69, 9.17) is 0 Å². The van der Waals surface area contributed by atoms with Gasteiger partial charge < -0.3 is 5.32 Å². The Hall–Kier alpha value is -1.69. The molecule has 0 unspecified atom stereocenters. The number of benzene rings is 1. The molecule has 0 aliphatic rings. The van der Waals surface area contributed by atoms with Gasteiger partial charge in [0.1, 0.15) is 5.82 Å². The van der Waals surface area contributed by atoms with Gasteiger partial charge in [-0.1, -0.05) is 15.9 Å². The van der Waals surface area contributed by atoms with Gasteiger partial charge in [-0.25, -0.2) is 4.39 Å². The molecule has 0 saturated carbocycles. The second kappa shape index (κ2) is 6.85. The summed E-state index contributed by atoms with van der Waals surface area (Å²) in [5, 5.41) is 7.14. The van der Waals surface area contributed by atoms with Crippen LogP contribution >= 0.6 is 15.9 Å². The minimum atomic E-state index is -0.433. The van der Waals surface area contributed by atoms with Crippen LogP contribution in [0.25, 0.3) is 0 Å². The van der Waals surface area contributed by atoms with E-state index in [1.54, 1.807) is 6.07 Å². The molecule has 1 aromatic carbocycles. The van der Waals surface area contributed by atoms with Gasteiger partial charge in [0.05, 0.1) is 5.69 Å². The Labute approximate surface area is 131 Å². The molecule has 4 nitrogen and oxygen atoms in total. The van der Waals surface area contributed by atoms with Crippen LogP contribution in [0, 0.1) is 19.7 Å². The second-order valence-corrected chi connectivity index (χ2v) is 5.83. The number of nitrogens with zero attached hydrogens (tertiary/aromatic N) is 2. The summed E-state index contributed by atoms with van der Waals surface area (Å²) in [5.41, 5.74) is 2.40. The third kappa shape index (κ3) is 4.39. The third-order valence-electron chi connectivity index (χ3n) is 3.06. The summed E-state index contributed by atoms with van der Waals surface area (Å²) in [6.45, 7) is 5.22. The van der Waals surface area contributed by atoms with Crippen LogP contribution in [0.2, 0.25) is 0 Å². The molecule has 1 amide bonds. The van der Waals surface area contributed by atoms with Crippen LogP contribution < -0.4 is 5.32 Å². The Morgan fingerprint density at radius 2 is 2.10 bits per heavy atom. The molecule has 0 atom stereocenters. The summed E-state index contributed by atoms with van der Waals surface area (Å²) in [7, 11) is 0. The van der Waals surface area contributed by atoms with Crippen molar-refractivity contribution in [2.45, 2.75) is 26.8 Å². The molecule has 0 bridgehead atoms. The summed E-state index contributed by atoms with van der Waals surface area (Å²) in [6, 6.07) is 6.16. The molecule has 0 aliphatic carbocycles. The average Bonchev–Trinajstić information content (AvgIpc) is 2.71. The Kier molecular flexibility index (Phi) is 5.12. The van der Waals surface area contributed by atoms with Crippen molar-refractivity contribution >= 4 is 21.8 Å². The highest BCUT2D eigenvalue weighted by atomic mass is 79.9. The highest BCUT2D eigenvalue weighted by Gasteiger charge is 2.08. The zero-order valence-corrected chi connectivity index (χ0v) is 13.6. The van der Waals surface area contributed by atoms with Gasteiger partial charge >= 0.3 is 0 Å². The summed E-state index contributed by atoms with van der Waals surface area (Å²) in [6.07, 6.45) is 0.768. The van der Waals surface area contributed by atoms with E-state index < -0.39 is 5.82 Å². The van der Waals surface area contributed by atoms with Gasteiger partial charge in [-0.05, 0) is 44.5 Å². The minimum Gasteiger partial charge on any atom is -0.352 e. The van der Waals surface area contributed by atoms with E-state index in [9.17, 15) is 9.18 Å². The molecule has 2 aromatic rings. The summed E-state index contributed by atoms with van der Waals surface area (Å²) >= 11 is 3.17. The fourth-order valence-corrected chi connectivity index (χ4v) is 2.58. The lowest BCUT2D eigenvalue weighted by Gasteiger charge is -2.07. The SMILES string of the molecule is Cc1cc(C)n(CCCNC(=O)c2cc(F)cc(Br)c2)n1. The number of hydrogen-bond donors (Lipinski definition) is 1. The maximum absolute atomic E-state index is 13.2. The van der Waals surface area contributed by atoms with Crippen molar-refractivity contribution in [3.8, 4) is 0 Å². The number of aryl methyl sites for hydroxylation is 3. The first-order valence-corrected chi connectivity index (χ1v) is 7.50. The molecule has 21 heavy (non-hydrogen) atoms. The minimum absolute atomic E-state index is 0.274. The van der Waals surface area contributed by atoms with Gasteiger partial charge in [0.2, 0.25) is 0 Å². The van der Waals surface area contributed by atoms with E-state index in [1.165, 1.54) is 12.1 Å². The highest BCUT2D eigenvalue weighted by molar-refractivity contribution is 9.10. The van der Waals surface area contributed by atoms with Gasteiger partial charge in [0.25, 0.3) is 5.91 Å². The first-order chi connectivity index (χ1) is 9.95. The van der Waals surface area contributed by atoms with Crippen LogP contribution in [0.4, 0.5) is 4.39 Å². The maximum Gasteiger partial charge on any atom is 0.251 e. The molecule has 0 radical (unpaired) electrons. The molecule has 1 heterocycles. The molecule has 0 spiro atoms. The molecule has 0 fully saturated rings. The Morgan fingerprint density at radius 3 is 2.71 bits per heavy atom. The van der Waals surface area contributed by atoms with Crippen LogP contribution in [-0.4, -0.2) is 22.2 Å². The standard InChI is InChI=1S/C15H17BrFN3O/c1-10-6-11(2)20(19-10)5-3-4-18-15(21)12-7-13(16)9-14(17)8-12/h6-9H,3-5H2,1-2H3,(H,18,21). The van der Waals surface area contributed by atoms with Crippen molar-refractivity contribution in [3.05, 3.63) is 51.5 Å². The van der Waals surface area contributed by atoms with Gasteiger partial charge in [-0.15, -0.1) is 0 Å². The smallest absolute Gasteiger partial charge is 0.251 e. The molecule has 6 heteroatoms. The first-order valence-electron chi connectivity index (χ1n) is 6.71. The fraction of sp³-hybridized carbons (Fsp3) is 0.333. The molecular formula is C15H17BrFN3O. The number of aromatic nitrogens is 2. The maximum atomic E-state index is 13.2. The lowest BCUT2D eigenvalue weighted by atomic mass is 10.2. The largest absolute Gasteiger partial charge is 0.352 e. The predicted molar refractivity (Wildman–Crippen MR) is 82.8 cm³/mol. The molecule has 2 rings (SSSR count). The second-order valence-electron chi connectivity index (χ2n) is 4.92. The monoisotopic (exact) mass is 353 g/mol. The Balaban J connectivity index is 1.83. The van der Waals surface area contributed by atoms with Gasteiger partial charge in [0, 0.05) is 28.8 Å². The van der Waals surface area contributed by atoms with Crippen LogP contribution in [0.1, 0.15) is 28.2 Å². The Bertz CT molecular complexity index is 634. The topological polar surface area (TPSA) is 46.9 Å². The molecule has 1 aromatic heterocycles. The zero-order chi connectivity index (χ0) is 15.4. The van der Waals surface area contributed by atoms with E-state index in [2.05, 4.69) is 26.3 Å². The van der Waals surface area contributed by atoms with Gasteiger partial charge in [0.15, 0.2) is 0 Å². The van der Waals surface area contributed by atoms with Crippen molar-refractivity contribution in [2.75, 3.05) is 6.54 Å². The van der Waals surface area contributed by atoms with Crippen molar-refractivity contribution < 1.29 is 9.18 Å². The van der Waals surface area contributed by atoms with Gasteiger partial charge in [-0.3, -0.25) is 9.48 Å². The number of hydrogen-bond acceptors (Lipinski definition) is 2. The number of nitrogens with one attached hydrogen (secondary N) is 1. The summed E-state index contributed by atoms with van der Waals surface area (Å²) in [5.74, 6) is -0.708. The number of carbonyl (C=O) groups is 1. The number of halogens is 2. The van der Waals surface area contributed by atoms with E-state index in [-0.39, 0.29) is 5.91 Å². The highest BCUT2D eigenvalue weighted by Crippen LogP contribution is 2.14. The number of rotatable bonds is 5. The van der Waals surface area contributed by atoms with Crippen LogP contribution in [0.15, 0.2) is 28.7 Å². The zero-order valence-electron chi connectivity index (χ0n) is 12.0. The molecule has 112 valence electrons. The summed E-state index contributed by atoms with van der Waals surface area (Å²) in [4.78, 5) is 11.9. The Morgan fingerprint density at radius 1 is 1.33 bits per heavy atom. The summed E-state index contributed by atoms with van der Waals surface area (Å²) < 4.78 is 15.7. The van der Waals surface area contributed by atoms with Crippen LogP contribution in [0.3, 0.4) is 0 Å². The molecular weight excluding hydrogens is 337 g/mol. The van der Waals surface area contributed by atoms with Gasteiger partial charge in [-0.2, -0.15) is 5.10 Å². The lowest BCUT2D eigenvalue weighted by Crippen LogP contribution is -2.25. The van der Waals surface area contributed by atoms with E-state index in [1.807, 2.05) is 24.6 Å². The van der Waals surface area contributed by atoms with Crippen molar-refractivity contribution in [3.63, 3.8) is 0 Å². The molecule has 0 aliphatic heterocycles. The molecule has 0 saturated heterocycles. The lowest BCUT2D eigenvalue weighted by molar-refractivity contribution is 0.0952. The first kappa shape index (κ1) is 15.7. The van der Waals surface area contributed by atoms with E-state index >= 15 is 0 Å². The predicted octanol–water partition coefficient (Wildman–Crippen LogP) is 3.22. The third-order valence-corrected chi connectivity index (χ3v) is 3.52. The fourth-order valence-electron chi connectivity index (χ4n) is 2.12. The van der Waals surface area contributed by atoms with Crippen molar-refractivity contribution in [1.82, 2.24) is 15.1 Å². The normalized spacial score (nSPS) is 10.7. The number of carbonyl (C=O) groups excluding carboxylic acids is 1.